The van der Waals surface area contributed by atoms with E-state index in [0.717, 1.165) is 63.5 Å². The molecule has 6 aromatic rings. The summed E-state index contributed by atoms with van der Waals surface area (Å²) in [5, 5.41) is 12.7. The first-order valence-electron chi connectivity index (χ1n) is 16.4. The summed E-state index contributed by atoms with van der Waals surface area (Å²) in [6.45, 7) is 10.2. The van der Waals surface area contributed by atoms with Gasteiger partial charge in [-0.15, -0.1) is 0 Å². The van der Waals surface area contributed by atoms with Gasteiger partial charge in [-0.1, -0.05) is 69.5 Å². The van der Waals surface area contributed by atoms with Gasteiger partial charge in [-0.05, 0) is 63.0 Å². The molecule has 0 atom stereocenters. The van der Waals surface area contributed by atoms with Gasteiger partial charge < -0.3 is 19.8 Å². The summed E-state index contributed by atoms with van der Waals surface area (Å²) in [6.07, 6.45) is 12.2. The smallest absolute Gasteiger partial charge is 0.0784 e. The van der Waals surface area contributed by atoms with Crippen molar-refractivity contribution in [3.63, 3.8) is 0 Å². The number of aryl methyl sites for hydroxylation is 2. The molecule has 6 rings (SSSR count). The van der Waals surface area contributed by atoms with E-state index in [9.17, 15) is 0 Å². The second-order valence-corrected chi connectivity index (χ2v) is 11.8. The molecule has 0 aliphatic heterocycles. The Balaban J connectivity index is 1.00. The number of fused-ring (bicyclic) bond motifs is 6. The second kappa shape index (κ2) is 14.2. The van der Waals surface area contributed by atoms with E-state index in [0.29, 0.717) is 0 Å². The fourth-order valence-electron chi connectivity index (χ4n) is 6.59. The summed E-state index contributed by atoms with van der Waals surface area (Å²) in [6, 6.07) is 21.9. The molecular weight excluding hydrogens is 528 g/mol. The lowest BCUT2D eigenvalue weighted by molar-refractivity contribution is 0.566. The van der Waals surface area contributed by atoms with Gasteiger partial charge in [-0.2, -0.15) is 0 Å². The first-order chi connectivity index (χ1) is 21.3. The third-order valence-corrected chi connectivity index (χ3v) is 8.77. The zero-order chi connectivity index (χ0) is 29.4. The zero-order valence-corrected chi connectivity index (χ0v) is 25.9. The Kier molecular flexibility index (Phi) is 9.66. The van der Waals surface area contributed by atoms with Gasteiger partial charge in [0.1, 0.15) is 0 Å². The lowest BCUT2D eigenvalue weighted by Gasteiger charge is -2.11. The molecule has 0 spiro atoms. The number of hydrogen-bond acceptors (Lipinski definition) is 4. The van der Waals surface area contributed by atoms with E-state index in [2.05, 4.69) is 94.3 Å². The fraction of sp³-hybridized carbons (Fsp3) is 0.405. The fourth-order valence-corrected chi connectivity index (χ4v) is 6.59. The minimum atomic E-state index is 0.805. The summed E-state index contributed by atoms with van der Waals surface area (Å²) in [7, 11) is 0. The first-order valence-corrected chi connectivity index (χ1v) is 16.4. The minimum Gasteiger partial charge on any atom is -0.339 e. The van der Waals surface area contributed by atoms with Crippen LogP contribution in [-0.2, 0) is 26.2 Å². The number of hydrogen-bond donors (Lipinski definition) is 2. The molecule has 4 heterocycles. The Labute approximate surface area is 255 Å². The summed E-state index contributed by atoms with van der Waals surface area (Å²) in [5.74, 6) is 0. The standard InChI is InChI=1S/C37H46N6/c1-3-5-24-42-34-16-10-8-14-28(34)30-18-22-40-32(36(30)42)26-38-20-12-7-13-21-39-27-33-37-31(19-23-41-33)29-15-9-11-17-35(29)43(37)25-6-4-2/h8-11,14-19,22-23,38-39H,3-7,12-13,20-21,24-27H2,1-2H3. The molecule has 0 fully saturated rings. The Morgan fingerprint density at radius 3 is 1.47 bits per heavy atom. The molecule has 6 heteroatoms. The highest BCUT2D eigenvalue weighted by atomic mass is 15.0. The van der Waals surface area contributed by atoms with Gasteiger partial charge in [-0.3, -0.25) is 9.97 Å². The number of nitrogens with one attached hydrogen (secondary N) is 2. The lowest BCUT2D eigenvalue weighted by atomic mass is 10.1. The van der Waals surface area contributed by atoms with Crippen LogP contribution in [-0.4, -0.2) is 32.2 Å². The van der Waals surface area contributed by atoms with Crippen molar-refractivity contribution in [2.45, 2.75) is 85.0 Å². The average Bonchev–Trinajstić information content (AvgIpc) is 3.55. The van der Waals surface area contributed by atoms with Crippen LogP contribution in [0.2, 0.25) is 0 Å². The molecule has 0 amide bonds. The topological polar surface area (TPSA) is 59.7 Å². The quantitative estimate of drug-likeness (QED) is 0.114. The Morgan fingerprint density at radius 1 is 0.535 bits per heavy atom. The van der Waals surface area contributed by atoms with Gasteiger partial charge in [0, 0.05) is 71.2 Å². The van der Waals surface area contributed by atoms with E-state index in [4.69, 9.17) is 9.97 Å². The van der Waals surface area contributed by atoms with Gasteiger partial charge in [0.25, 0.3) is 0 Å². The third kappa shape index (κ3) is 6.17. The number of aromatic nitrogens is 4. The number of benzene rings is 2. The van der Waals surface area contributed by atoms with Crippen molar-refractivity contribution in [2.24, 2.45) is 0 Å². The summed E-state index contributed by atoms with van der Waals surface area (Å²) in [5.41, 5.74) is 7.55. The van der Waals surface area contributed by atoms with Crippen molar-refractivity contribution in [2.75, 3.05) is 13.1 Å². The van der Waals surface area contributed by atoms with Crippen LogP contribution in [0.15, 0.2) is 73.1 Å². The van der Waals surface area contributed by atoms with Crippen molar-refractivity contribution < 1.29 is 0 Å². The molecule has 0 unspecified atom stereocenters. The van der Waals surface area contributed by atoms with Crippen LogP contribution in [0.1, 0.15) is 70.2 Å². The van der Waals surface area contributed by atoms with E-state index in [1.165, 1.54) is 75.7 Å². The predicted molar refractivity (Wildman–Crippen MR) is 182 cm³/mol. The van der Waals surface area contributed by atoms with Crippen LogP contribution in [0.5, 0.6) is 0 Å². The zero-order valence-electron chi connectivity index (χ0n) is 25.9. The number of rotatable bonds is 16. The van der Waals surface area contributed by atoms with Gasteiger partial charge >= 0.3 is 0 Å². The largest absolute Gasteiger partial charge is 0.339 e. The SMILES string of the molecule is CCCCn1c2ccccc2c2ccnc(CNCCCCCNCc3nccc4c5ccccc5n(CCCC)c34)c21. The molecule has 0 radical (unpaired) electrons. The number of pyridine rings is 2. The van der Waals surface area contributed by atoms with E-state index in [-0.39, 0.29) is 0 Å². The van der Waals surface area contributed by atoms with Crippen molar-refractivity contribution in [3.05, 3.63) is 84.4 Å². The molecule has 0 aliphatic rings. The van der Waals surface area contributed by atoms with Gasteiger partial charge in [0.15, 0.2) is 0 Å². The monoisotopic (exact) mass is 574 g/mol. The molecule has 0 bridgehead atoms. The average molecular weight is 575 g/mol. The van der Waals surface area contributed by atoms with Crippen LogP contribution in [0.4, 0.5) is 0 Å². The Bertz CT molecular complexity index is 1660. The molecular formula is C37H46N6. The number of para-hydroxylation sites is 2. The minimum absolute atomic E-state index is 0.805. The van der Waals surface area contributed by atoms with E-state index in [1.54, 1.807) is 0 Å². The highest BCUT2D eigenvalue weighted by Gasteiger charge is 2.15. The normalized spacial score (nSPS) is 12.0. The molecule has 0 saturated heterocycles. The van der Waals surface area contributed by atoms with E-state index in [1.807, 2.05) is 12.4 Å². The van der Waals surface area contributed by atoms with E-state index < -0.39 is 0 Å². The molecule has 2 aromatic carbocycles. The second-order valence-electron chi connectivity index (χ2n) is 11.8. The van der Waals surface area contributed by atoms with Gasteiger partial charge in [-0.25, -0.2) is 0 Å². The number of nitrogens with zero attached hydrogens (tertiary/aromatic N) is 4. The van der Waals surface area contributed by atoms with Crippen molar-refractivity contribution in [3.8, 4) is 0 Å². The highest BCUT2D eigenvalue weighted by molar-refractivity contribution is 6.09. The molecule has 6 nitrogen and oxygen atoms in total. The lowest BCUT2D eigenvalue weighted by Crippen LogP contribution is -2.18. The highest BCUT2D eigenvalue weighted by Crippen LogP contribution is 2.32. The van der Waals surface area contributed by atoms with Gasteiger partial charge in [0.05, 0.1) is 22.4 Å². The summed E-state index contributed by atoms with van der Waals surface area (Å²) in [4.78, 5) is 9.63. The van der Waals surface area contributed by atoms with E-state index >= 15 is 0 Å². The molecule has 0 aliphatic carbocycles. The maximum Gasteiger partial charge on any atom is 0.0784 e. The summed E-state index contributed by atoms with van der Waals surface area (Å²) < 4.78 is 4.98. The van der Waals surface area contributed by atoms with Crippen molar-refractivity contribution in [1.82, 2.24) is 29.7 Å². The Hall–Kier alpha value is -3.74. The molecule has 4 aromatic heterocycles. The van der Waals surface area contributed by atoms with Crippen LogP contribution in [0.3, 0.4) is 0 Å². The maximum absolute atomic E-state index is 4.81. The van der Waals surface area contributed by atoms with Crippen molar-refractivity contribution in [1.29, 1.82) is 0 Å². The van der Waals surface area contributed by atoms with Crippen LogP contribution in [0, 0.1) is 0 Å². The first kappa shape index (κ1) is 29.3. The van der Waals surface area contributed by atoms with Gasteiger partial charge in [0.2, 0.25) is 0 Å². The van der Waals surface area contributed by atoms with Crippen LogP contribution >= 0.6 is 0 Å². The summed E-state index contributed by atoms with van der Waals surface area (Å²) >= 11 is 0. The number of unbranched alkanes of at least 4 members (excludes halogenated alkanes) is 4. The molecule has 0 saturated carbocycles. The molecule has 224 valence electrons. The molecule has 2 N–H and O–H groups in total. The predicted octanol–water partition coefficient (Wildman–Crippen LogP) is 8.34. The third-order valence-electron chi connectivity index (χ3n) is 8.77. The molecule has 43 heavy (non-hydrogen) atoms. The maximum atomic E-state index is 4.81. The van der Waals surface area contributed by atoms with Crippen molar-refractivity contribution >= 4 is 43.6 Å². The van der Waals surface area contributed by atoms with Crippen LogP contribution < -0.4 is 10.6 Å². The Morgan fingerprint density at radius 2 is 1.00 bits per heavy atom. The van der Waals surface area contributed by atoms with Crippen LogP contribution in [0.25, 0.3) is 43.6 Å².